The lowest BCUT2D eigenvalue weighted by molar-refractivity contribution is 0.503. The maximum Gasteiger partial charge on any atom is 0.123 e. The van der Waals surface area contributed by atoms with E-state index >= 15 is 0 Å². The van der Waals surface area contributed by atoms with Gasteiger partial charge in [-0.15, -0.1) is 0 Å². The summed E-state index contributed by atoms with van der Waals surface area (Å²) in [5.41, 5.74) is 2.15. The summed E-state index contributed by atoms with van der Waals surface area (Å²) < 4.78 is 18.6. The first-order chi connectivity index (χ1) is 9.34. The van der Waals surface area contributed by atoms with Crippen molar-refractivity contribution in [2.24, 2.45) is 0 Å². The fourth-order valence-electron chi connectivity index (χ4n) is 2.28. The predicted octanol–water partition coefficient (Wildman–Crippen LogP) is 4.60. The van der Waals surface area contributed by atoms with Crippen molar-refractivity contribution in [2.45, 2.75) is 5.92 Å². The highest BCUT2D eigenvalue weighted by Gasteiger charge is 2.18. The van der Waals surface area contributed by atoms with E-state index in [1.54, 1.807) is 18.4 Å². The van der Waals surface area contributed by atoms with Crippen molar-refractivity contribution in [3.63, 3.8) is 0 Å². The molecule has 0 saturated heterocycles. The zero-order chi connectivity index (χ0) is 13.1. The van der Waals surface area contributed by atoms with Crippen LogP contribution in [0.4, 0.5) is 4.39 Å². The third-order valence-electron chi connectivity index (χ3n) is 3.16. The summed E-state index contributed by atoms with van der Waals surface area (Å²) in [6.45, 7) is 0. The van der Waals surface area contributed by atoms with E-state index in [4.69, 9.17) is 4.42 Å². The molecule has 0 spiro atoms. The third kappa shape index (κ3) is 2.43. The average Bonchev–Trinajstić information content (AvgIpc) is 2.96. The van der Waals surface area contributed by atoms with E-state index in [9.17, 15) is 4.39 Å². The summed E-state index contributed by atoms with van der Waals surface area (Å²) in [6, 6.07) is 20.5. The van der Waals surface area contributed by atoms with Gasteiger partial charge in [0.15, 0.2) is 0 Å². The first-order valence-corrected chi connectivity index (χ1v) is 6.18. The van der Waals surface area contributed by atoms with Crippen LogP contribution >= 0.6 is 0 Å². The Hall–Kier alpha value is -2.35. The van der Waals surface area contributed by atoms with Crippen LogP contribution < -0.4 is 0 Å². The maximum absolute atomic E-state index is 13.1. The minimum absolute atomic E-state index is 0.00296. The van der Waals surface area contributed by atoms with Gasteiger partial charge < -0.3 is 4.42 Å². The molecule has 1 atom stereocenters. The van der Waals surface area contributed by atoms with Crippen LogP contribution in [0.1, 0.15) is 22.8 Å². The summed E-state index contributed by atoms with van der Waals surface area (Å²) in [5.74, 6) is 0.629. The topological polar surface area (TPSA) is 13.1 Å². The molecule has 0 amide bonds. The van der Waals surface area contributed by atoms with Crippen molar-refractivity contribution in [1.82, 2.24) is 0 Å². The summed E-state index contributed by atoms with van der Waals surface area (Å²) in [6.07, 6.45) is 1.66. The molecule has 2 heteroatoms. The van der Waals surface area contributed by atoms with Crippen LogP contribution in [0.3, 0.4) is 0 Å². The molecule has 0 aliphatic carbocycles. The SMILES string of the molecule is Fc1ccc(C(c2ccccc2)c2ccco2)cc1. The quantitative estimate of drug-likeness (QED) is 0.664. The van der Waals surface area contributed by atoms with Crippen molar-refractivity contribution in [3.8, 4) is 0 Å². The average molecular weight is 252 g/mol. The molecule has 1 heterocycles. The van der Waals surface area contributed by atoms with Crippen molar-refractivity contribution in [2.75, 3.05) is 0 Å². The standard InChI is InChI=1S/C17H13FO/c18-15-10-8-14(9-11-15)17(16-7-4-12-19-16)13-5-2-1-3-6-13/h1-12,17H. The molecule has 94 valence electrons. The molecule has 0 saturated carbocycles. The van der Waals surface area contributed by atoms with Gasteiger partial charge >= 0.3 is 0 Å². The lowest BCUT2D eigenvalue weighted by Gasteiger charge is -2.15. The molecule has 0 N–H and O–H groups in total. The molecule has 0 bridgehead atoms. The van der Waals surface area contributed by atoms with Gasteiger partial charge in [-0.2, -0.15) is 0 Å². The second-order valence-electron chi connectivity index (χ2n) is 4.41. The number of furan rings is 1. The van der Waals surface area contributed by atoms with E-state index in [1.165, 1.54) is 12.1 Å². The minimum atomic E-state index is -0.227. The van der Waals surface area contributed by atoms with Crippen LogP contribution in [0.15, 0.2) is 77.4 Å². The Bertz CT molecular complexity index is 627. The van der Waals surface area contributed by atoms with E-state index in [-0.39, 0.29) is 11.7 Å². The summed E-state index contributed by atoms with van der Waals surface area (Å²) in [5, 5.41) is 0. The largest absolute Gasteiger partial charge is 0.468 e. The molecule has 0 radical (unpaired) electrons. The third-order valence-corrected chi connectivity index (χ3v) is 3.16. The van der Waals surface area contributed by atoms with Gasteiger partial charge in [-0.25, -0.2) is 4.39 Å². The van der Waals surface area contributed by atoms with Gasteiger partial charge in [-0.3, -0.25) is 0 Å². The van der Waals surface area contributed by atoms with Gasteiger partial charge in [0.05, 0.1) is 12.2 Å². The van der Waals surface area contributed by atoms with Crippen LogP contribution in [-0.2, 0) is 0 Å². The molecular formula is C17H13FO. The van der Waals surface area contributed by atoms with Gasteiger partial charge in [-0.05, 0) is 35.4 Å². The summed E-state index contributed by atoms with van der Waals surface area (Å²) in [4.78, 5) is 0. The maximum atomic E-state index is 13.1. The molecule has 1 aromatic heterocycles. The summed E-state index contributed by atoms with van der Waals surface area (Å²) in [7, 11) is 0. The molecule has 3 aromatic rings. The Morgan fingerprint density at radius 2 is 1.42 bits per heavy atom. The lowest BCUT2D eigenvalue weighted by atomic mass is 9.89. The molecule has 0 aliphatic rings. The molecule has 3 rings (SSSR count). The van der Waals surface area contributed by atoms with Crippen LogP contribution in [0.2, 0.25) is 0 Å². The Balaban J connectivity index is 2.10. The second kappa shape index (κ2) is 5.11. The number of halogens is 1. The summed E-state index contributed by atoms with van der Waals surface area (Å²) >= 11 is 0. The van der Waals surface area contributed by atoms with Crippen molar-refractivity contribution in [1.29, 1.82) is 0 Å². The van der Waals surface area contributed by atoms with Crippen molar-refractivity contribution >= 4 is 0 Å². The van der Waals surface area contributed by atoms with Crippen LogP contribution in [0.25, 0.3) is 0 Å². The van der Waals surface area contributed by atoms with E-state index in [1.807, 2.05) is 30.3 Å². The Labute approximate surface area is 111 Å². The van der Waals surface area contributed by atoms with Gasteiger partial charge in [0.2, 0.25) is 0 Å². The fourth-order valence-corrected chi connectivity index (χ4v) is 2.28. The highest BCUT2D eigenvalue weighted by molar-refractivity contribution is 5.39. The zero-order valence-corrected chi connectivity index (χ0v) is 10.3. The Kier molecular flexibility index (Phi) is 3.15. The molecule has 1 nitrogen and oxygen atoms in total. The number of hydrogen-bond acceptors (Lipinski definition) is 1. The second-order valence-corrected chi connectivity index (χ2v) is 4.41. The van der Waals surface area contributed by atoms with Gasteiger partial charge in [0, 0.05) is 0 Å². The Morgan fingerprint density at radius 1 is 0.737 bits per heavy atom. The number of hydrogen-bond donors (Lipinski definition) is 0. The highest BCUT2D eigenvalue weighted by atomic mass is 19.1. The van der Waals surface area contributed by atoms with Crippen molar-refractivity contribution < 1.29 is 8.81 Å². The minimum Gasteiger partial charge on any atom is -0.468 e. The zero-order valence-electron chi connectivity index (χ0n) is 10.3. The molecule has 2 aromatic carbocycles. The lowest BCUT2D eigenvalue weighted by Crippen LogP contribution is -2.02. The first kappa shape index (κ1) is 11.7. The smallest absolute Gasteiger partial charge is 0.123 e. The van der Waals surface area contributed by atoms with Gasteiger partial charge in [0.1, 0.15) is 11.6 Å². The highest BCUT2D eigenvalue weighted by Crippen LogP contribution is 2.31. The van der Waals surface area contributed by atoms with E-state index in [2.05, 4.69) is 12.1 Å². The van der Waals surface area contributed by atoms with E-state index in [0.717, 1.165) is 16.9 Å². The van der Waals surface area contributed by atoms with Crippen molar-refractivity contribution in [3.05, 3.63) is 95.7 Å². The van der Waals surface area contributed by atoms with Gasteiger partial charge in [-0.1, -0.05) is 42.5 Å². The van der Waals surface area contributed by atoms with E-state index in [0.29, 0.717) is 0 Å². The number of rotatable bonds is 3. The monoisotopic (exact) mass is 252 g/mol. The van der Waals surface area contributed by atoms with Crippen LogP contribution in [0, 0.1) is 5.82 Å². The molecule has 0 aliphatic heterocycles. The first-order valence-electron chi connectivity index (χ1n) is 6.18. The van der Waals surface area contributed by atoms with Crippen LogP contribution in [-0.4, -0.2) is 0 Å². The predicted molar refractivity (Wildman–Crippen MR) is 72.5 cm³/mol. The Morgan fingerprint density at radius 3 is 2.05 bits per heavy atom. The molecule has 1 unspecified atom stereocenters. The van der Waals surface area contributed by atoms with Gasteiger partial charge in [0.25, 0.3) is 0 Å². The van der Waals surface area contributed by atoms with E-state index < -0.39 is 0 Å². The normalized spacial score (nSPS) is 12.3. The fraction of sp³-hybridized carbons (Fsp3) is 0.0588. The molecule has 0 fully saturated rings. The molecular weight excluding hydrogens is 239 g/mol. The molecule has 19 heavy (non-hydrogen) atoms. The van der Waals surface area contributed by atoms with Crippen LogP contribution in [0.5, 0.6) is 0 Å². The number of benzene rings is 2.